The van der Waals surface area contributed by atoms with E-state index in [9.17, 15) is 0 Å². The fourth-order valence-electron chi connectivity index (χ4n) is 23.3. The molecule has 145 heavy (non-hydrogen) atoms. The lowest BCUT2D eigenvalue weighted by atomic mass is 9.71. The van der Waals surface area contributed by atoms with Crippen molar-refractivity contribution < 1.29 is 27.1 Å². The Kier molecular flexibility index (Phi) is 45.2. The maximum absolute atomic E-state index is 5.23. The van der Waals surface area contributed by atoms with Crippen molar-refractivity contribution in [2.45, 2.75) is 421 Å². The maximum Gasteiger partial charge on any atom is 0.230 e. The minimum absolute atomic E-state index is 0. The number of allylic oxidation sites excluding steroid dienone is 20. The molecule has 0 spiro atoms. The quantitative estimate of drug-likeness (QED) is 0.154. The monoisotopic (exact) mass is 2050 g/mol. The summed E-state index contributed by atoms with van der Waals surface area (Å²) in [4.78, 5) is 34.5. The van der Waals surface area contributed by atoms with Gasteiger partial charge in [0.25, 0.3) is 0 Å². The fraction of sp³-hybridized carbons (Fsp3) is 0.594. The zero-order valence-electron chi connectivity index (χ0n) is 86.5. The Hall–Kier alpha value is -8.48. The van der Waals surface area contributed by atoms with Crippen LogP contribution >= 0.6 is 45.3 Å². The van der Waals surface area contributed by atoms with Crippen LogP contribution < -0.4 is 0 Å². The lowest BCUT2D eigenvalue weighted by Gasteiger charge is -2.33. The summed E-state index contributed by atoms with van der Waals surface area (Å²) < 4.78 is 31.1. The van der Waals surface area contributed by atoms with Crippen molar-refractivity contribution in [3.63, 3.8) is 0 Å². The number of aromatic amines is 1. The first-order chi connectivity index (χ1) is 64.6. The van der Waals surface area contributed by atoms with Crippen LogP contribution in [-0.4, -0.2) is 42.9 Å². The van der Waals surface area contributed by atoms with E-state index in [4.69, 9.17) is 27.1 Å². The van der Waals surface area contributed by atoms with E-state index in [0.717, 1.165) is 147 Å². The predicted octanol–water partition coefficient (Wildman–Crippen LogP) is 41.1. The molecule has 0 fully saturated rings. The number of nitrogens with one attached hydrogen (secondary N) is 1. The van der Waals surface area contributed by atoms with Crippen LogP contribution in [0.1, 0.15) is 520 Å². The van der Waals surface area contributed by atoms with Crippen LogP contribution in [0.4, 0.5) is 0 Å². The van der Waals surface area contributed by atoms with E-state index in [2.05, 4.69) is 326 Å². The van der Waals surface area contributed by atoms with E-state index in [-0.39, 0.29) is 74.3 Å². The number of hydrogen-bond acceptors (Lipinski definition) is 16. The van der Waals surface area contributed by atoms with Crippen LogP contribution in [-0.2, 0) is 9.47 Å². The van der Waals surface area contributed by atoms with Gasteiger partial charge in [-0.15, -0.1) is 45.3 Å². The first kappa shape index (κ1) is 125. The third kappa shape index (κ3) is 23.4. The van der Waals surface area contributed by atoms with Crippen LogP contribution in [0.2, 0.25) is 0 Å². The Bertz CT molecular complexity index is 4830. The summed E-state index contributed by atoms with van der Waals surface area (Å²) in [5.74, 6) is 29.1. The van der Waals surface area contributed by atoms with Crippen molar-refractivity contribution in [1.29, 1.82) is 0 Å². The van der Waals surface area contributed by atoms with Crippen molar-refractivity contribution >= 4 is 51.6 Å². The molecule has 30 unspecified atom stereocenters. The topological polar surface area (TPSA) is 164 Å². The standard InChI is InChI=1S/4C9H12.C8H11N.2C8H10O.2C8H10S.C7H10N2.2C7H9NO.2C7H9NS.C7H10O2.10CH4/c4*1-6-7(2)9-5-3-4-8(6)9;5*1-5-6(2)8-7(5)3-4-9-8;6*1-4-5(2)7-6(4)8-3-9-7;;;;;;;;;;/h4*3-4,6-7H,5H2,1-2H3;4-6H,3H2,1-2H3;4*3-6H,1-2H3;3-5H,1-2H3,(H,8,9);4*3-5H,1-2H3;4-5H,3H2,1-2H3;10*1H4. The van der Waals surface area contributed by atoms with E-state index in [1.54, 1.807) is 113 Å². The molecule has 802 valence electrons. The molecule has 0 amide bonds. The van der Waals surface area contributed by atoms with Crippen LogP contribution in [0.25, 0.3) is 0 Å². The number of oxazole rings is 2. The predicted molar refractivity (Wildman–Crippen MR) is 628 cm³/mol. The minimum Gasteiger partial charge on any atom is -0.469 e. The summed E-state index contributed by atoms with van der Waals surface area (Å²) in [5, 5.41) is 4.40. The molecular formula is C128H195N7O6S4. The molecule has 9 aromatic heterocycles. The second-order valence-corrected chi connectivity index (χ2v) is 46.8. The molecule has 0 aromatic carbocycles. The highest BCUT2D eigenvalue weighted by atomic mass is 32.1. The first-order valence-corrected chi connectivity index (χ1v) is 55.0. The van der Waals surface area contributed by atoms with E-state index in [1.807, 2.05) is 39.9 Å². The molecule has 11 heterocycles. The molecule has 0 saturated carbocycles. The van der Waals surface area contributed by atoms with Gasteiger partial charge >= 0.3 is 0 Å². The second-order valence-electron chi connectivity index (χ2n) is 43.1. The van der Waals surface area contributed by atoms with Crippen molar-refractivity contribution in [2.75, 3.05) is 6.79 Å². The average molecular weight is 2060 g/mol. The van der Waals surface area contributed by atoms with Crippen LogP contribution in [0.5, 0.6) is 0 Å². The number of nitrogens with zero attached hydrogens (tertiary/aromatic N) is 6. The smallest absolute Gasteiger partial charge is 0.230 e. The summed E-state index contributed by atoms with van der Waals surface area (Å²) >= 11 is 7.39. The summed E-state index contributed by atoms with van der Waals surface area (Å²) in [6, 6.07) is 8.65. The highest BCUT2D eigenvalue weighted by molar-refractivity contribution is 7.11. The third-order valence-corrected chi connectivity index (χ3v) is 41.1. The van der Waals surface area contributed by atoms with Gasteiger partial charge in [-0.3, -0.25) is 4.99 Å². The van der Waals surface area contributed by atoms with Crippen molar-refractivity contribution in [1.82, 2.24) is 29.9 Å². The van der Waals surface area contributed by atoms with Crippen LogP contribution in [0, 0.1) is 71.0 Å². The number of ether oxygens (including phenoxy) is 2. The highest BCUT2D eigenvalue weighted by Gasteiger charge is 2.45. The average Bonchev–Trinajstić information content (AvgIpc) is 1.93. The molecule has 30 atom stereocenters. The summed E-state index contributed by atoms with van der Waals surface area (Å²) in [6.45, 7) is 68.2. The Morgan fingerprint density at radius 2 is 0.586 bits per heavy atom. The number of imidazole rings is 1. The first-order valence-electron chi connectivity index (χ1n) is 51.4. The van der Waals surface area contributed by atoms with Crippen LogP contribution in [0.15, 0.2) is 216 Å². The van der Waals surface area contributed by atoms with Gasteiger partial charge in [0.1, 0.15) is 34.6 Å². The number of thiophene rings is 2. The zero-order valence-corrected chi connectivity index (χ0v) is 89.8. The van der Waals surface area contributed by atoms with Gasteiger partial charge in [-0.1, -0.05) is 353 Å². The van der Waals surface area contributed by atoms with Gasteiger partial charge < -0.3 is 32.1 Å². The number of thiazole rings is 2. The van der Waals surface area contributed by atoms with Gasteiger partial charge in [-0.25, -0.2) is 24.9 Å². The molecule has 2 aliphatic heterocycles. The van der Waals surface area contributed by atoms with E-state index >= 15 is 0 Å². The van der Waals surface area contributed by atoms with Gasteiger partial charge in [0.05, 0.1) is 58.3 Å². The summed E-state index contributed by atoms with van der Waals surface area (Å²) in [7, 11) is 0. The third-order valence-electron chi connectivity index (χ3n) is 36.8. The Labute approximate surface area is 898 Å². The lowest BCUT2D eigenvalue weighted by Crippen LogP contribution is -2.24. The molecule has 0 bridgehead atoms. The normalized spacial score (nSPS) is 32.0. The molecule has 9 aromatic rings. The molecule has 0 saturated heterocycles. The van der Waals surface area contributed by atoms with Gasteiger partial charge in [0.2, 0.25) is 6.79 Å². The SMILES string of the molecule is C.C.C.C.C.C.C.C.C.C.CC1C2=C(CC=C2)C1C.CC1C2=C(CC=C2)C1C.CC1C2=C(CC=C2)C1C.CC1C2=C(CC=C2)C1C.CC1C2=C(N=CC2)C1C.CC1C2=C(OCO2)C1C.CC1c2ccoc2C1C.CC1c2ccoc2C1C.CC1c2ccsc2C1C.CC1c2ccsc2C1C.CC1c2nc[nH]c2C1C.CC1c2ncoc2C1C.CC1c2ncoc2C1C.CC1c2ncsc2C1C.CC1c2ncsc2C1C. The Balaban J connectivity index is 0.000000236. The Morgan fingerprint density at radius 1 is 0.262 bits per heavy atom. The summed E-state index contributed by atoms with van der Waals surface area (Å²) in [6.07, 6.45) is 34.8. The van der Waals surface area contributed by atoms with Gasteiger partial charge in [-0.2, -0.15) is 0 Å². The van der Waals surface area contributed by atoms with E-state index in [1.165, 1.54) is 99.3 Å². The van der Waals surface area contributed by atoms with Crippen molar-refractivity contribution in [3.8, 4) is 0 Å². The van der Waals surface area contributed by atoms with E-state index < -0.39 is 0 Å². The van der Waals surface area contributed by atoms with Gasteiger partial charge in [0, 0.05) is 132 Å². The molecule has 17 heteroatoms. The number of rotatable bonds is 0. The molecule has 19 aliphatic carbocycles. The largest absolute Gasteiger partial charge is 0.469 e. The Morgan fingerprint density at radius 3 is 0.903 bits per heavy atom. The zero-order chi connectivity index (χ0) is 96.5. The van der Waals surface area contributed by atoms with E-state index in [0.29, 0.717) is 77.8 Å². The molecule has 1 N–H and O–H groups in total. The highest BCUT2D eigenvalue weighted by Crippen LogP contribution is 2.57. The number of furan rings is 2. The fourth-order valence-corrected chi connectivity index (χ4v) is 27.7. The molecular weight excluding hydrogens is 1860 g/mol. The second kappa shape index (κ2) is 52.3. The van der Waals surface area contributed by atoms with Gasteiger partial charge in [-0.05, 0) is 200 Å². The lowest BCUT2D eigenvalue weighted by molar-refractivity contribution is 0.0760. The number of aromatic nitrogens is 6. The summed E-state index contributed by atoms with van der Waals surface area (Å²) in [5.41, 5.74) is 33.7. The molecule has 21 aliphatic rings. The molecule has 30 rings (SSSR count). The maximum atomic E-state index is 5.23. The van der Waals surface area contributed by atoms with Crippen molar-refractivity contribution in [3.05, 3.63) is 293 Å². The van der Waals surface area contributed by atoms with Gasteiger partial charge in [0.15, 0.2) is 12.8 Å². The molecule has 13 nitrogen and oxygen atoms in total. The van der Waals surface area contributed by atoms with Crippen molar-refractivity contribution in [2.24, 2.45) is 76.0 Å². The number of aliphatic imine (C=N–C) groups is 1. The minimum atomic E-state index is 0. The number of fused-ring (bicyclic) bond motifs is 9. The molecule has 0 radical (unpaired) electrons. The number of H-pyrrole nitrogens is 1. The van der Waals surface area contributed by atoms with Crippen LogP contribution in [0.3, 0.4) is 0 Å². The number of hydrogen-bond donors (Lipinski definition) is 1.